The van der Waals surface area contributed by atoms with Crippen molar-refractivity contribution >= 4 is 29.5 Å². The molecule has 0 aliphatic rings. The highest BCUT2D eigenvalue weighted by atomic mass is 32.2. The van der Waals surface area contributed by atoms with Crippen LogP contribution in [0.5, 0.6) is 17.2 Å². The van der Waals surface area contributed by atoms with Gasteiger partial charge in [0.15, 0.2) is 5.75 Å². The Hall–Kier alpha value is -1.83. The Bertz CT molecular complexity index is 843. The van der Waals surface area contributed by atoms with E-state index >= 15 is 0 Å². The van der Waals surface area contributed by atoms with E-state index in [1.54, 1.807) is 30.6 Å². The first-order chi connectivity index (χ1) is 14.3. The minimum atomic E-state index is -0.996. The van der Waals surface area contributed by atoms with Crippen molar-refractivity contribution in [2.24, 2.45) is 5.73 Å². The Balaban J connectivity index is 2.49. The van der Waals surface area contributed by atoms with E-state index in [1.807, 2.05) is 30.3 Å². The number of benzene rings is 2. The number of carbonyl (C=O) groups is 1. The number of methoxy groups -OCH3 is 1. The summed E-state index contributed by atoms with van der Waals surface area (Å²) in [6.45, 7) is 8.42. The summed E-state index contributed by atoms with van der Waals surface area (Å²) in [4.78, 5) is 13.2. The van der Waals surface area contributed by atoms with Gasteiger partial charge in [0.1, 0.15) is 17.5 Å². The van der Waals surface area contributed by atoms with Gasteiger partial charge in [-0.3, -0.25) is 4.79 Å². The van der Waals surface area contributed by atoms with Crippen LogP contribution in [0.1, 0.15) is 44.7 Å². The zero-order valence-corrected chi connectivity index (χ0v) is 19.9. The molecule has 2 aromatic rings. The number of ether oxygens (including phenoxy) is 2. The highest BCUT2D eigenvalue weighted by Gasteiger charge is 2.19. The average Bonchev–Trinajstić information content (AvgIpc) is 2.70. The number of hydrogen-bond acceptors (Lipinski definition) is 6. The van der Waals surface area contributed by atoms with Gasteiger partial charge in [-0.25, -0.2) is 0 Å². The van der Waals surface area contributed by atoms with Crippen LogP contribution < -0.4 is 15.2 Å². The van der Waals surface area contributed by atoms with Gasteiger partial charge in [-0.15, -0.1) is 23.5 Å². The zero-order chi connectivity index (χ0) is 22.3. The van der Waals surface area contributed by atoms with Crippen LogP contribution in [-0.4, -0.2) is 35.7 Å². The van der Waals surface area contributed by atoms with Crippen LogP contribution in [0.25, 0.3) is 0 Å². The lowest BCUT2D eigenvalue weighted by molar-refractivity contribution is -0.138. The Labute approximate surface area is 187 Å². The number of hydrogen-bond donors (Lipinski definition) is 2. The lowest BCUT2D eigenvalue weighted by atomic mass is 10.0. The van der Waals surface area contributed by atoms with Crippen molar-refractivity contribution in [1.29, 1.82) is 0 Å². The molecule has 2 rings (SSSR count). The van der Waals surface area contributed by atoms with E-state index in [-0.39, 0.29) is 6.42 Å². The molecule has 0 amide bonds. The van der Waals surface area contributed by atoms with Gasteiger partial charge in [-0.1, -0.05) is 27.7 Å². The van der Waals surface area contributed by atoms with Crippen LogP contribution in [0.2, 0.25) is 0 Å². The smallest absolute Gasteiger partial charge is 0.320 e. The summed E-state index contributed by atoms with van der Waals surface area (Å²) >= 11 is 3.36. The minimum Gasteiger partial charge on any atom is -0.496 e. The summed E-state index contributed by atoms with van der Waals surface area (Å²) in [7, 11) is 1.67. The van der Waals surface area contributed by atoms with Crippen LogP contribution in [-0.2, 0) is 11.2 Å². The number of carboxylic acids is 1. The maximum atomic E-state index is 11.2. The molecule has 0 fully saturated rings. The Morgan fingerprint density at radius 3 is 2.17 bits per heavy atom. The van der Waals surface area contributed by atoms with E-state index in [9.17, 15) is 9.90 Å². The first-order valence-electron chi connectivity index (χ1n) is 10.1. The fourth-order valence-electron chi connectivity index (χ4n) is 3.06. The van der Waals surface area contributed by atoms with E-state index in [4.69, 9.17) is 15.2 Å². The standard InChI is InChI=1S/C23H31NO4S2/c1-6-29-20-11-15(10-18(24)23(25)26)12-21(30-7-2)22(20)28-16-8-9-19(27-5)17(13-16)14(3)4/h8-9,11-14,18H,6-7,10,24H2,1-5H3,(H,25,26)/t18-/m0/s1. The molecule has 0 bridgehead atoms. The topological polar surface area (TPSA) is 81.8 Å². The van der Waals surface area contributed by atoms with Crippen molar-refractivity contribution in [3.8, 4) is 17.2 Å². The van der Waals surface area contributed by atoms with E-state index in [0.29, 0.717) is 5.92 Å². The maximum Gasteiger partial charge on any atom is 0.320 e. The maximum absolute atomic E-state index is 11.2. The predicted molar refractivity (Wildman–Crippen MR) is 126 cm³/mol. The molecular formula is C23H31NO4S2. The van der Waals surface area contributed by atoms with Crippen molar-refractivity contribution in [3.05, 3.63) is 41.5 Å². The summed E-state index contributed by atoms with van der Waals surface area (Å²) in [6, 6.07) is 8.95. The van der Waals surface area contributed by atoms with E-state index < -0.39 is 12.0 Å². The van der Waals surface area contributed by atoms with E-state index in [1.165, 1.54) is 0 Å². The highest BCUT2D eigenvalue weighted by Crippen LogP contribution is 2.43. The largest absolute Gasteiger partial charge is 0.496 e. The van der Waals surface area contributed by atoms with Gasteiger partial charge in [-0.2, -0.15) is 0 Å². The lowest BCUT2D eigenvalue weighted by Crippen LogP contribution is -2.32. The second-order valence-electron chi connectivity index (χ2n) is 7.10. The summed E-state index contributed by atoms with van der Waals surface area (Å²) in [5.74, 6) is 3.47. The molecular weight excluding hydrogens is 418 g/mol. The first kappa shape index (κ1) is 24.4. The summed E-state index contributed by atoms with van der Waals surface area (Å²) < 4.78 is 11.9. The Morgan fingerprint density at radius 1 is 1.10 bits per heavy atom. The van der Waals surface area contributed by atoms with Gasteiger partial charge in [0.05, 0.1) is 16.9 Å². The molecule has 30 heavy (non-hydrogen) atoms. The summed E-state index contributed by atoms with van der Waals surface area (Å²) in [6.07, 6.45) is 0.282. The molecule has 3 N–H and O–H groups in total. The fraction of sp³-hybridized carbons (Fsp3) is 0.435. The fourth-order valence-corrected chi connectivity index (χ4v) is 4.78. The molecule has 0 heterocycles. The van der Waals surface area contributed by atoms with Crippen molar-refractivity contribution in [2.45, 2.75) is 55.9 Å². The SMILES string of the molecule is CCSc1cc(C[C@H](N)C(=O)O)cc(SCC)c1Oc1ccc(OC)c(C(C)C)c1. The van der Waals surface area contributed by atoms with Gasteiger partial charge in [0.25, 0.3) is 0 Å². The molecule has 0 saturated heterocycles. The normalized spacial score (nSPS) is 12.1. The van der Waals surface area contributed by atoms with Crippen molar-refractivity contribution in [1.82, 2.24) is 0 Å². The second kappa shape index (κ2) is 11.5. The van der Waals surface area contributed by atoms with Gasteiger partial charge in [0, 0.05) is 5.56 Å². The third-order valence-electron chi connectivity index (χ3n) is 4.50. The van der Waals surface area contributed by atoms with Gasteiger partial charge in [0.2, 0.25) is 0 Å². The van der Waals surface area contributed by atoms with Gasteiger partial charge in [-0.05, 0) is 59.7 Å². The number of nitrogens with two attached hydrogens (primary N) is 1. The molecule has 0 radical (unpaired) electrons. The van der Waals surface area contributed by atoms with E-state index in [0.717, 1.165) is 49.7 Å². The van der Waals surface area contributed by atoms with Crippen LogP contribution >= 0.6 is 23.5 Å². The number of thioether (sulfide) groups is 2. The van der Waals surface area contributed by atoms with Gasteiger partial charge < -0.3 is 20.3 Å². The number of rotatable bonds is 11. The average molecular weight is 450 g/mol. The quantitative estimate of drug-likeness (QED) is 0.420. The molecule has 0 spiro atoms. The van der Waals surface area contributed by atoms with Crippen LogP contribution in [0.3, 0.4) is 0 Å². The first-order valence-corrected chi connectivity index (χ1v) is 12.0. The predicted octanol–water partition coefficient (Wildman–Crippen LogP) is 5.79. The summed E-state index contributed by atoms with van der Waals surface area (Å²) in [5, 5.41) is 9.18. The molecule has 0 aliphatic carbocycles. The molecule has 2 aromatic carbocycles. The summed E-state index contributed by atoms with van der Waals surface area (Å²) in [5.41, 5.74) is 7.77. The Kier molecular flexibility index (Phi) is 9.39. The Morgan fingerprint density at radius 2 is 1.70 bits per heavy atom. The lowest BCUT2D eigenvalue weighted by Gasteiger charge is -2.19. The second-order valence-corrected chi connectivity index (χ2v) is 9.71. The molecule has 7 heteroatoms. The zero-order valence-electron chi connectivity index (χ0n) is 18.2. The minimum absolute atomic E-state index is 0.282. The molecule has 0 saturated carbocycles. The van der Waals surface area contributed by atoms with Crippen LogP contribution in [0.4, 0.5) is 0 Å². The third-order valence-corrected chi connectivity index (χ3v) is 6.30. The van der Waals surface area contributed by atoms with Crippen LogP contribution in [0, 0.1) is 0 Å². The van der Waals surface area contributed by atoms with Crippen molar-refractivity contribution < 1.29 is 19.4 Å². The van der Waals surface area contributed by atoms with Crippen molar-refractivity contribution in [3.63, 3.8) is 0 Å². The monoisotopic (exact) mass is 449 g/mol. The molecule has 0 aromatic heterocycles. The molecule has 164 valence electrons. The number of carboxylic acid groups (broad SMARTS) is 1. The highest BCUT2D eigenvalue weighted by molar-refractivity contribution is 8.00. The molecule has 0 unspecified atom stereocenters. The molecule has 5 nitrogen and oxygen atoms in total. The number of aliphatic carboxylic acids is 1. The van der Waals surface area contributed by atoms with Gasteiger partial charge >= 0.3 is 5.97 Å². The van der Waals surface area contributed by atoms with E-state index in [2.05, 4.69) is 27.7 Å². The van der Waals surface area contributed by atoms with Crippen molar-refractivity contribution in [2.75, 3.05) is 18.6 Å². The molecule has 0 aliphatic heterocycles. The third kappa shape index (κ3) is 6.33. The molecule has 1 atom stereocenters. The van der Waals surface area contributed by atoms with Crippen LogP contribution in [0.15, 0.2) is 40.1 Å².